The SMILES string of the molecule is CN(Cc1cc(Cl)cn1C)C(=NCC1CCS(=O)(=O)C1)NC1CC1. The Morgan fingerprint density at radius 2 is 2.21 bits per heavy atom. The molecular weight excluding hydrogens is 348 g/mol. The Morgan fingerprint density at radius 1 is 1.46 bits per heavy atom. The van der Waals surface area contributed by atoms with Crippen LogP contribution in [0.25, 0.3) is 0 Å². The molecule has 1 unspecified atom stereocenters. The van der Waals surface area contributed by atoms with Crippen molar-refractivity contribution >= 4 is 27.4 Å². The Labute approximate surface area is 148 Å². The van der Waals surface area contributed by atoms with E-state index in [4.69, 9.17) is 16.6 Å². The molecule has 1 N–H and O–H groups in total. The minimum atomic E-state index is -2.85. The fraction of sp³-hybridized carbons (Fsp3) is 0.688. The summed E-state index contributed by atoms with van der Waals surface area (Å²) in [6, 6.07) is 2.45. The molecule has 134 valence electrons. The van der Waals surface area contributed by atoms with Gasteiger partial charge in [-0.25, -0.2) is 8.42 Å². The van der Waals surface area contributed by atoms with Crippen molar-refractivity contribution in [2.75, 3.05) is 25.1 Å². The topological polar surface area (TPSA) is 66.7 Å². The second-order valence-electron chi connectivity index (χ2n) is 6.97. The predicted octanol–water partition coefficient (Wildman–Crippen LogP) is 1.65. The molecule has 0 radical (unpaired) electrons. The molecule has 1 aromatic heterocycles. The van der Waals surface area contributed by atoms with Gasteiger partial charge in [0.05, 0.1) is 23.1 Å². The van der Waals surface area contributed by atoms with Gasteiger partial charge in [0.2, 0.25) is 0 Å². The molecule has 1 saturated carbocycles. The van der Waals surface area contributed by atoms with Gasteiger partial charge < -0.3 is 14.8 Å². The van der Waals surface area contributed by atoms with E-state index in [0.29, 0.717) is 24.9 Å². The van der Waals surface area contributed by atoms with Gasteiger partial charge in [-0.05, 0) is 31.2 Å². The number of aryl methyl sites for hydroxylation is 1. The molecule has 2 heterocycles. The van der Waals surface area contributed by atoms with Crippen LogP contribution in [-0.4, -0.2) is 55.0 Å². The zero-order valence-corrected chi connectivity index (χ0v) is 15.8. The lowest BCUT2D eigenvalue weighted by Crippen LogP contribution is -2.40. The molecule has 2 fully saturated rings. The van der Waals surface area contributed by atoms with Gasteiger partial charge in [-0.2, -0.15) is 0 Å². The van der Waals surface area contributed by atoms with E-state index >= 15 is 0 Å². The largest absolute Gasteiger partial charge is 0.354 e. The standard InChI is InChI=1S/C16H25ClN4O2S/c1-20-9-13(17)7-15(20)10-21(2)16(19-14-3-4-14)18-8-12-5-6-24(22,23)11-12/h7,9,12,14H,3-6,8,10-11H2,1-2H3,(H,18,19). The quantitative estimate of drug-likeness (QED) is 0.630. The number of hydrogen-bond donors (Lipinski definition) is 1. The van der Waals surface area contributed by atoms with Crippen molar-refractivity contribution in [3.05, 3.63) is 23.0 Å². The number of rotatable bonds is 5. The summed E-state index contributed by atoms with van der Waals surface area (Å²) in [5.41, 5.74) is 1.11. The van der Waals surface area contributed by atoms with Crippen molar-refractivity contribution in [2.24, 2.45) is 18.0 Å². The minimum absolute atomic E-state index is 0.142. The summed E-state index contributed by atoms with van der Waals surface area (Å²) in [7, 11) is 1.13. The van der Waals surface area contributed by atoms with E-state index in [0.717, 1.165) is 23.1 Å². The molecule has 0 bridgehead atoms. The minimum Gasteiger partial charge on any atom is -0.354 e. The Kier molecular flexibility index (Phi) is 5.11. The van der Waals surface area contributed by atoms with Crippen LogP contribution in [-0.2, 0) is 23.4 Å². The summed E-state index contributed by atoms with van der Waals surface area (Å²) in [4.78, 5) is 6.79. The zero-order valence-electron chi connectivity index (χ0n) is 14.2. The van der Waals surface area contributed by atoms with Gasteiger partial charge in [0.25, 0.3) is 0 Å². The lowest BCUT2D eigenvalue weighted by atomic mass is 10.1. The van der Waals surface area contributed by atoms with E-state index < -0.39 is 9.84 Å². The highest BCUT2D eigenvalue weighted by atomic mass is 35.5. The van der Waals surface area contributed by atoms with Crippen molar-refractivity contribution in [1.29, 1.82) is 0 Å². The van der Waals surface area contributed by atoms with Gasteiger partial charge in [-0.3, -0.25) is 4.99 Å². The van der Waals surface area contributed by atoms with Gasteiger partial charge in [0, 0.05) is 38.6 Å². The second-order valence-corrected chi connectivity index (χ2v) is 9.63. The number of halogens is 1. The molecule has 24 heavy (non-hydrogen) atoms. The van der Waals surface area contributed by atoms with Crippen LogP contribution in [0.3, 0.4) is 0 Å². The molecule has 1 aliphatic carbocycles. The third-order valence-corrected chi connectivity index (χ3v) is 6.62. The van der Waals surface area contributed by atoms with Crippen molar-refractivity contribution in [3.8, 4) is 0 Å². The average molecular weight is 373 g/mol. The van der Waals surface area contributed by atoms with Crippen molar-refractivity contribution in [2.45, 2.75) is 31.8 Å². The average Bonchev–Trinajstić information content (AvgIpc) is 3.17. The number of nitrogens with zero attached hydrogens (tertiary/aromatic N) is 3. The van der Waals surface area contributed by atoms with Crippen molar-refractivity contribution in [1.82, 2.24) is 14.8 Å². The van der Waals surface area contributed by atoms with Crippen LogP contribution in [0.2, 0.25) is 5.02 Å². The summed E-state index contributed by atoms with van der Waals surface area (Å²) in [6.07, 6.45) is 4.94. The Hall–Kier alpha value is -1.21. The second kappa shape index (κ2) is 6.96. The van der Waals surface area contributed by atoms with Crippen molar-refractivity contribution in [3.63, 3.8) is 0 Å². The highest BCUT2D eigenvalue weighted by Crippen LogP contribution is 2.21. The summed E-state index contributed by atoms with van der Waals surface area (Å²) in [6.45, 7) is 1.26. The molecule has 0 amide bonds. The highest BCUT2D eigenvalue weighted by molar-refractivity contribution is 7.91. The van der Waals surface area contributed by atoms with E-state index in [-0.39, 0.29) is 11.7 Å². The van der Waals surface area contributed by atoms with Gasteiger partial charge in [-0.15, -0.1) is 0 Å². The van der Waals surface area contributed by atoms with Gasteiger partial charge in [0.15, 0.2) is 15.8 Å². The normalized spacial score (nSPS) is 23.5. The number of aliphatic imine (C=N–C) groups is 1. The number of nitrogens with one attached hydrogen (secondary N) is 1. The van der Waals surface area contributed by atoms with E-state index in [1.165, 1.54) is 12.8 Å². The van der Waals surface area contributed by atoms with E-state index in [9.17, 15) is 8.42 Å². The predicted molar refractivity (Wildman–Crippen MR) is 97.1 cm³/mol. The van der Waals surface area contributed by atoms with Crippen LogP contribution in [0.4, 0.5) is 0 Å². The van der Waals surface area contributed by atoms with Crippen LogP contribution >= 0.6 is 11.6 Å². The smallest absolute Gasteiger partial charge is 0.194 e. The molecule has 0 aromatic carbocycles. The summed E-state index contributed by atoms with van der Waals surface area (Å²) in [5.74, 6) is 1.56. The Morgan fingerprint density at radius 3 is 2.75 bits per heavy atom. The Bertz CT molecular complexity index is 724. The first-order chi connectivity index (χ1) is 11.3. The first-order valence-corrected chi connectivity index (χ1v) is 10.6. The third kappa shape index (κ3) is 4.66. The molecule has 1 aromatic rings. The molecule has 1 saturated heterocycles. The first-order valence-electron chi connectivity index (χ1n) is 8.36. The maximum Gasteiger partial charge on any atom is 0.194 e. The van der Waals surface area contributed by atoms with Crippen molar-refractivity contribution < 1.29 is 8.42 Å². The third-order valence-electron chi connectivity index (χ3n) is 4.57. The molecule has 1 aliphatic heterocycles. The molecule has 1 atom stereocenters. The van der Waals surface area contributed by atoms with Crippen LogP contribution in [0.1, 0.15) is 25.0 Å². The lowest BCUT2D eigenvalue weighted by molar-refractivity contribution is 0.456. The first kappa shape index (κ1) is 17.6. The summed E-state index contributed by atoms with van der Waals surface area (Å²) in [5, 5.41) is 4.19. The lowest BCUT2D eigenvalue weighted by Gasteiger charge is -2.23. The molecule has 2 aliphatic rings. The molecule has 6 nitrogen and oxygen atoms in total. The molecule has 3 rings (SSSR count). The van der Waals surface area contributed by atoms with Crippen LogP contribution in [0, 0.1) is 5.92 Å². The van der Waals surface area contributed by atoms with Gasteiger partial charge in [0.1, 0.15) is 0 Å². The van der Waals surface area contributed by atoms with E-state index in [1.807, 2.05) is 30.9 Å². The number of guanidine groups is 1. The van der Waals surface area contributed by atoms with Gasteiger partial charge in [-0.1, -0.05) is 11.6 Å². The van der Waals surface area contributed by atoms with Crippen LogP contribution in [0.15, 0.2) is 17.3 Å². The van der Waals surface area contributed by atoms with Crippen LogP contribution < -0.4 is 5.32 Å². The monoisotopic (exact) mass is 372 g/mol. The summed E-state index contributed by atoms with van der Waals surface area (Å²) >= 11 is 6.05. The fourth-order valence-corrected chi connectivity index (χ4v) is 5.08. The molecule has 0 spiro atoms. The van der Waals surface area contributed by atoms with E-state index in [1.54, 1.807) is 0 Å². The summed E-state index contributed by atoms with van der Waals surface area (Å²) < 4.78 is 25.2. The van der Waals surface area contributed by atoms with E-state index in [2.05, 4.69) is 10.2 Å². The number of sulfone groups is 1. The van der Waals surface area contributed by atoms with Gasteiger partial charge >= 0.3 is 0 Å². The molecular formula is C16H25ClN4O2S. The number of aromatic nitrogens is 1. The van der Waals surface area contributed by atoms with Crippen LogP contribution in [0.5, 0.6) is 0 Å². The maximum absolute atomic E-state index is 11.6. The highest BCUT2D eigenvalue weighted by Gasteiger charge is 2.28. The fourth-order valence-electron chi connectivity index (χ4n) is 2.96. The Balaban J connectivity index is 1.66. The number of hydrogen-bond acceptors (Lipinski definition) is 3. The molecule has 8 heteroatoms. The zero-order chi connectivity index (χ0) is 17.3. The maximum atomic E-state index is 11.6.